The van der Waals surface area contributed by atoms with Gasteiger partial charge < -0.3 is 19.1 Å². The number of carbonyl (C=O) groups is 2. The Kier molecular flexibility index (Phi) is 35.0. The van der Waals surface area contributed by atoms with Gasteiger partial charge in [0, 0.05) is 19.4 Å². The van der Waals surface area contributed by atoms with E-state index in [-0.39, 0.29) is 12.1 Å². The average molecular weight is 652 g/mol. The summed E-state index contributed by atoms with van der Waals surface area (Å²) in [6.07, 6.45) is 37.6. The van der Waals surface area contributed by atoms with Crippen molar-refractivity contribution in [2.75, 3.05) is 33.9 Å². The second-order valence-electron chi connectivity index (χ2n) is 13.7. The highest BCUT2D eigenvalue weighted by Gasteiger charge is 2.13. The van der Waals surface area contributed by atoms with Crippen molar-refractivity contribution >= 4 is 12.1 Å². The molecule has 1 atom stereocenters. The highest BCUT2D eigenvalue weighted by molar-refractivity contribution is 5.69. The summed E-state index contributed by atoms with van der Waals surface area (Å²) < 4.78 is 16.0. The molecule has 0 aromatic carbocycles. The van der Waals surface area contributed by atoms with Gasteiger partial charge in [0.05, 0.1) is 13.2 Å². The minimum atomic E-state index is -0.522. The van der Waals surface area contributed by atoms with Gasteiger partial charge in [0.1, 0.15) is 6.10 Å². The molecule has 0 amide bonds. The van der Waals surface area contributed by atoms with Crippen LogP contribution in [0.5, 0.6) is 0 Å². The third-order valence-corrected chi connectivity index (χ3v) is 8.68. The van der Waals surface area contributed by atoms with Gasteiger partial charge in [0.25, 0.3) is 0 Å². The van der Waals surface area contributed by atoms with E-state index in [1.54, 1.807) is 0 Å². The van der Waals surface area contributed by atoms with Crippen LogP contribution in [0.3, 0.4) is 0 Å². The van der Waals surface area contributed by atoms with Crippen LogP contribution in [0.2, 0.25) is 0 Å². The molecule has 0 aliphatic heterocycles. The zero-order chi connectivity index (χ0) is 33.8. The second kappa shape index (κ2) is 36.3. The number of nitrogens with zero attached hydrogens (tertiary/aromatic N) is 1. The number of rotatable bonds is 35. The molecule has 0 aliphatic rings. The van der Waals surface area contributed by atoms with E-state index in [1.165, 1.54) is 109 Å². The standard InChI is InChI=1S/C40H77NO5/c1-5-7-9-28-32-38(46-39(42)34-27-8-6-2)33-29-25-23-21-19-17-15-13-11-10-12-14-16-18-20-22-24-26-30-36-44-40(43)45-37-31-35-41(3)4/h25,29,38H,5-24,26-28,30-37H2,1-4H3. The first kappa shape index (κ1) is 44.4. The van der Waals surface area contributed by atoms with E-state index in [0.717, 1.165) is 70.8 Å². The van der Waals surface area contributed by atoms with E-state index < -0.39 is 6.16 Å². The largest absolute Gasteiger partial charge is 0.508 e. The molecule has 0 fully saturated rings. The third-order valence-electron chi connectivity index (χ3n) is 8.68. The molecule has 0 aromatic heterocycles. The third kappa shape index (κ3) is 35.3. The van der Waals surface area contributed by atoms with Gasteiger partial charge in [-0.3, -0.25) is 4.79 Å². The zero-order valence-electron chi connectivity index (χ0n) is 31.1. The molecule has 0 spiro atoms. The maximum absolute atomic E-state index is 12.2. The first-order chi connectivity index (χ1) is 22.5. The summed E-state index contributed by atoms with van der Waals surface area (Å²) in [5.74, 6) is -0.00290. The van der Waals surface area contributed by atoms with Crippen LogP contribution in [0, 0.1) is 0 Å². The fourth-order valence-electron chi connectivity index (χ4n) is 5.73. The topological polar surface area (TPSA) is 65.1 Å². The van der Waals surface area contributed by atoms with Crippen molar-refractivity contribution in [3.63, 3.8) is 0 Å². The molecule has 0 bridgehead atoms. The van der Waals surface area contributed by atoms with Crippen molar-refractivity contribution in [1.29, 1.82) is 0 Å². The van der Waals surface area contributed by atoms with Gasteiger partial charge in [0.15, 0.2) is 0 Å². The Bertz CT molecular complexity index is 681. The van der Waals surface area contributed by atoms with Crippen LogP contribution in [0.4, 0.5) is 4.79 Å². The molecule has 46 heavy (non-hydrogen) atoms. The second-order valence-corrected chi connectivity index (χ2v) is 13.7. The van der Waals surface area contributed by atoms with E-state index in [4.69, 9.17) is 14.2 Å². The molecule has 1 unspecified atom stereocenters. The van der Waals surface area contributed by atoms with Crippen molar-refractivity contribution in [2.24, 2.45) is 0 Å². The minimum Gasteiger partial charge on any atom is -0.462 e. The number of ether oxygens (including phenoxy) is 3. The lowest BCUT2D eigenvalue weighted by atomic mass is 10.0. The normalized spacial score (nSPS) is 12.2. The van der Waals surface area contributed by atoms with Gasteiger partial charge in [-0.05, 0) is 59.0 Å². The van der Waals surface area contributed by atoms with E-state index in [9.17, 15) is 9.59 Å². The minimum absolute atomic E-state index is 0.00290. The fraction of sp³-hybridized carbons (Fsp3) is 0.900. The number of carbonyl (C=O) groups excluding carboxylic acids is 2. The highest BCUT2D eigenvalue weighted by Crippen LogP contribution is 2.16. The fourth-order valence-corrected chi connectivity index (χ4v) is 5.73. The molecule has 6 heteroatoms. The molecule has 0 aromatic rings. The van der Waals surface area contributed by atoms with Gasteiger partial charge in [-0.1, -0.05) is 148 Å². The molecular formula is C40H77NO5. The van der Waals surface area contributed by atoms with Crippen molar-refractivity contribution in [2.45, 2.75) is 200 Å². The van der Waals surface area contributed by atoms with Gasteiger partial charge in [0.2, 0.25) is 0 Å². The quantitative estimate of drug-likeness (QED) is 0.0386. The molecule has 272 valence electrons. The van der Waals surface area contributed by atoms with Gasteiger partial charge in [-0.25, -0.2) is 4.79 Å². The molecule has 0 saturated heterocycles. The Morgan fingerprint density at radius 3 is 1.59 bits per heavy atom. The number of hydrogen-bond donors (Lipinski definition) is 0. The molecule has 6 nitrogen and oxygen atoms in total. The van der Waals surface area contributed by atoms with Crippen LogP contribution in [0.25, 0.3) is 0 Å². The Morgan fingerprint density at radius 1 is 0.565 bits per heavy atom. The Labute approximate surface area is 286 Å². The lowest BCUT2D eigenvalue weighted by molar-refractivity contribution is -0.149. The molecule has 0 aliphatic carbocycles. The maximum atomic E-state index is 12.2. The first-order valence-corrected chi connectivity index (χ1v) is 19.8. The van der Waals surface area contributed by atoms with Gasteiger partial charge in [-0.15, -0.1) is 0 Å². The summed E-state index contributed by atoms with van der Waals surface area (Å²) in [5.41, 5.74) is 0. The van der Waals surface area contributed by atoms with Crippen LogP contribution in [-0.2, 0) is 19.0 Å². The lowest BCUT2D eigenvalue weighted by Crippen LogP contribution is -2.17. The van der Waals surface area contributed by atoms with Crippen LogP contribution >= 0.6 is 0 Å². The van der Waals surface area contributed by atoms with E-state index in [1.807, 2.05) is 14.1 Å². The van der Waals surface area contributed by atoms with E-state index in [0.29, 0.717) is 19.6 Å². The monoisotopic (exact) mass is 652 g/mol. The predicted molar refractivity (Wildman–Crippen MR) is 195 cm³/mol. The van der Waals surface area contributed by atoms with Crippen molar-refractivity contribution in [3.05, 3.63) is 12.2 Å². The molecule has 0 radical (unpaired) electrons. The number of hydrogen-bond acceptors (Lipinski definition) is 6. The Morgan fingerprint density at radius 2 is 1.04 bits per heavy atom. The molecule has 0 N–H and O–H groups in total. The first-order valence-electron chi connectivity index (χ1n) is 19.8. The number of esters is 1. The molecule has 0 saturated carbocycles. The molecule has 0 rings (SSSR count). The highest BCUT2D eigenvalue weighted by atomic mass is 16.7. The summed E-state index contributed by atoms with van der Waals surface area (Å²) in [4.78, 5) is 25.8. The van der Waals surface area contributed by atoms with Crippen molar-refractivity contribution in [1.82, 2.24) is 4.90 Å². The smallest absolute Gasteiger partial charge is 0.462 e. The van der Waals surface area contributed by atoms with Crippen LogP contribution in [0.15, 0.2) is 12.2 Å². The summed E-state index contributed by atoms with van der Waals surface area (Å²) in [5, 5.41) is 0. The SMILES string of the molecule is CCCCCCC(CC=CCCCCCCCCCCCCCCCCCCOC(=O)OCCCN(C)C)OC(=O)CCCCC. The van der Waals surface area contributed by atoms with Crippen LogP contribution in [-0.4, -0.2) is 57.0 Å². The number of allylic oxidation sites excluding steroid dienone is 1. The maximum Gasteiger partial charge on any atom is 0.508 e. The lowest BCUT2D eigenvalue weighted by Gasteiger charge is -2.16. The Balaban J connectivity index is 3.52. The number of unbranched alkanes of at least 4 members (excludes halogenated alkanes) is 21. The van der Waals surface area contributed by atoms with Gasteiger partial charge >= 0.3 is 12.1 Å². The van der Waals surface area contributed by atoms with Crippen molar-refractivity contribution in [3.8, 4) is 0 Å². The average Bonchev–Trinajstić information content (AvgIpc) is 3.03. The summed E-state index contributed by atoms with van der Waals surface area (Å²) >= 11 is 0. The van der Waals surface area contributed by atoms with Crippen LogP contribution < -0.4 is 0 Å². The zero-order valence-corrected chi connectivity index (χ0v) is 31.1. The van der Waals surface area contributed by atoms with Gasteiger partial charge in [-0.2, -0.15) is 0 Å². The van der Waals surface area contributed by atoms with E-state index in [2.05, 4.69) is 30.9 Å². The molecular weight excluding hydrogens is 574 g/mol. The molecule has 0 heterocycles. The summed E-state index contributed by atoms with van der Waals surface area (Å²) in [6, 6.07) is 0. The Hall–Kier alpha value is -1.56. The van der Waals surface area contributed by atoms with Crippen LogP contribution in [0.1, 0.15) is 194 Å². The summed E-state index contributed by atoms with van der Waals surface area (Å²) in [6.45, 7) is 6.22. The summed E-state index contributed by atoms with van der Waals surface area (Å²) in [7, 11) is 4.02. The van der Waals surface area contributed by atoms with E-state index >= 15 is 0 Å². The predicted octanol–water partition coefficient (Wildman–Crippen LogP) is 12.1. The van der Waals surface area contributed by atoms with Crippen molar-refractivity contribution < 1.29 is 23.8 Å².